The molecule has 0 radical (unpaired) electrons. The monoisotopic (exact) mass is 249 g/mol. The minimum Gasteiger partial charge on any atom is -0.337 e. The van der Waals surface area contributed by atoms with Crippen molar-refractivity contribution < 1.29 is 0 Å². The van der Waals surface area contributed by atoms with Gasteiger partial charge in [0.2, 0.25) is 5.95 Å². The summed E-state index contributed by atoms with van der Waals surface area (Å²) in [5, 5.41) is 12.8. The third-order valence-electron chi connectivity index (χ3n) is 2.88. The summed E-state index contributed by atoms with van der Waals surface area (Å²) in [6.45, 7) is 5.09. The van der Waals surface area contributed by atoms with E-state index in [4.69, 9.17) is 0 Å². The second-order valence-corrected chi connectivity index (χ2v) is 5.21. The zero-order chi connectivity index (χ0) is 11.7. The molecule has 17 heavy (non-hydrogen) atoms. The maximum Gasteiger partial charge on any atom is 0.245 e. The van der Waals surface area contributed by atoms with Crippen LogP contribution >= 0.6 is 11.3 Å². The highest BCUT2D eigenvalue weighted by Crippen LogP contribution is 2.22. The van der Waals surface area contributed by atoms with Gasteiger partial charge in [-0.1, -0.05) is 6.07 Å². The quantitative estimate of drug-likeness (QED) is 0.843. The van der Waals surface area contributed by atoms with Gasteiger partial charge in [0.05, 0.1) is 4.88 Å². The number of anilines is 1. The van der Waals surface area contributed by atoms with Crippen LogP contribution in [-0.2, 0) is 0 Å². The third-order valence-corrected chi connectivity index (χ3v) is 3.76. The Kier molecular flexibility index (Phi) is 2.82. The van der Waals surface area contributed by atoms with Gasteiger partial charge in [-0.05, 0) is 18.4 Å². The van der Waals surface area contributed by atoms with Gasteiger partial charge in [-0.3, -0.25) is 5.10 Å². The largest absolute Gasteiger partial charge is 0.337 e. The molecule has 0 saturated carbocycles. The van der Waals surface area contributed by atoms with Crippen LogP contribution in [-0.4, -0.2) is 40.9 Å². The van der Waals surface area contributed by atoms with E-state index in [0.717, 1.165) is 36.3 Å². The molecule has 0 unspecified atom stereocenters. The van der Waals surface area contributed by atoms with Crippen LogP contribution in [0.1, 0.15) is 6.92 Å². The first kappa shape index (κ1) is 10.7. The van der Waals surface area contributed by atoms with E-state index in [2.05, 4.69) is 38.4 Å². The number of nitrogens with zero attached hydrogens (tertiary/aromatic N) is 3. The molecule has 2 N–H and O–H groups in total. The summed E-state index contributed by atoms with van der Waals surface area (Å²) >= 11 is 1.67. The van der Waals surface area contributed by atoms with E-state index >= 15 is 0 Å². The number of thiophene rings is 1. The fourth-order valence-electron chi connectivity index (χ4n) is 2.03. The average Bonchev–Trinajstić information content (AvgIpc) is 3.00. The Morgan fingerprint density at radius 1 is 1.53 bits per heavy atom. The molecule has 1 aliphatic heterocycles. The van der Waals surface area contributed by atoms with Crippen LogP contribution in [0.3, 0.4) is 0 Å². The Morgan fingerprint density at radius 3 is 3.24 bits per heavy atom. The zero-order valence-corrected chi connectivity index (χ0v) is 10.5. The first-order chi connectivity index (χ1) is 8.33. The van der Waals surface area contributed by atoms with Crippen LogP contribution in [0, 0.1) is 0 Å². The molecule has 90 valence electrons. The summed E-state index contributed by atoms with van der Waals surface area (Å²) in [5.74, 6) is 1.67. The summed E-state index contributed by atoms with van der Waals surface area (Å²) in [7, 11) is 0. The van der Waals surface area contributed by atoms with E-state index in [1.165, 1.54) is 0 Å². The molecule has 0 spiro atoms. The maximum atomic E-state index is 4.55. The molecule has 0 bridgehead atoms. The topological polar surface area (TPSA) is 56.8 Å². The molecule has 1 saturated heterocycles. The first-order valence-electron chi connectivity index (χ1n) is 5.77. The van der Waals surface area contributed by atoms with Crippen molar-refractivity contribution in [3.63, 3.8) is 0 Å². The van der Waals surface area contributed by atoms with Crippen molar-refractivity contribution in [3.8, 4) is 10.7 Å². The standard InChI is InChI=1S/C11H15N5S/c1-8-7-16(5-4-12-8)11-13-10(14-15-11)9-3-2-6-17-9/h2-3,6,8,12H,4-5,7H2,1H3,(H,13,14,15)/t8-/m1/s1. The van der Waals surface area contributed by atoms with Crippen molar-refractivity contribution in [1.29, 1.82) is 0 Å². The van der Waals surface area contributed by atoms with Gasteiger partial charge < -0.3 is 10.2 Å². The number of H-pyrrole nitrogens is 1. The molecule has 0 aliphatic carbocycles. The van der Waals surface area contributed by atoms with Crippen LogP contribution in [0.2, 0.25) is 0 Å². The molecular weight excluding hydrogens is 234 g/mol. The Labute approximate surface area is 104 Å². The number of piperazine rings is 1. The van der Waals surface area contributed by atoms with Gasteiger partial charge in [0.15, 0.2) is 5.82 Å². The number of aromatic nitrogens is 3. The van der Waals surface area contributed by atoms with E-state index in [-0.39, 0.29) is 0 Å². The highest BCUT2D eigenvalue weighted by molar-refractivity contribution is 7.13. The van der Waals surface area contributed by atoms with Crippen LogP contribution in [0.15, 0.2) is 17.5 Å². The number of hydrogen-bond acceptors (Lipinski definition) is 5. The Balaban J connectivity index is 1.80. The molecule has 2 aromatic rings. The van der Waals surface area contributed by atoms with Crippen molar-refractivity contribution in [2.75, 3.05) is 24.5 Å². The molecule has 3 rings (SSSR count). The number of aromatic amines is 1. The normalized spacial score (nSPS) is 20.8. The van der Waals surface area contributed by atoms with Crippen molar-refractivity contribution >= 4 is 17.3 Å². The lowest BCUT2D eigenvalue weighted by atomic mass is 10.2. The first-order valence-corrected chi connectivity index (χ1v) is 6.65. The molecule has 6 heteroatoms. The number of rotatable bonds is 2. The number of nitrogens with one attached hydrogen (secondary N) is 2. The molecule has 3 heterocycles. The van der Waals surface area contributed by atoms with Crippen LogP contribution in [0.25, 0.3) is 10.7 Å². The van der Waals surface area contributed by atoms with Gasteiger partial charge >= 0.3 is 0 Å². The van der Waals surface area contributed by atoms with Gasteiger partial charge in [-0.15, -0.1) is 16.4 Å². The summed E-state index contributed by atoms with van der Waals surface area (Å²) < 4.78 is 0. The van der Waals surface area contributed by atoms with E-state index in [1.54, 1.807) is 11.3 Å². The van der Waals surface area contributed by atoms with Gasteiger partial charge in [0.25, 0.3) is 0 Å². The maximum absolute atomic E-state index is 4.55. The molecule has 0 amide bonds. The molecule has 5 nitrogen and oxygen atoms in total. The Morgan fingerprint density at radius 2 is 2.47 bits per heavy atom. The van der Waals surface area contributed by atoms with Crippen LogP contribution < -0.4 is 10.2 Å². The average molecular weight is 249 g/mol. The molecule has 1 atom stereocenters. The van der Waals surface area contributed by atoms with Crippen LogP contribution in [0.4, 0.5) is 5.95 Å². The molecule has 1 fully saturated rings. The minimum atomic E-state index is 0.493. The van der Waals surface area contributed by atoms with E-state index in [9.17, 15) is 0 Å². The summed E-state index contributed by atoms with van der Waals surface area (Å²) in [5.41, 5.74) is 0. The van der Waals surface area contributed by atoms with Crippen molar-refractivity contribution in [1.82, 2.24) is 20.5 Å². The molecule has 1 aliphatic rings. The fourth-order valence-corrected chi connectivity index (χ4v) is 2.70. The SMILES string of the molecule is C[C@@H]1CN(c2n[nH]c(-c3cccs3)n2)CCN1. The smallest absolute Gasteiger partial charge is 0.245 e. The van der Waals surface area contributed by atoms with E-state index in [1.807, 2.05) is 11.4 Å². The second kappa shape index (κ2) is 4.46. The summed E-state index contributed by atoms with van der Waals surface area (Å²) in [6, 6.07) is 4.57. The predicted octanol–water partition coefficient (Wildman–Crippen LogP) is 1.33. The summed E-state index contributed by atoms with van der Waals surface area (Å²) in [6.07, 6.45) is 0. The van der Waals surface area contributed by atoms with Crippen molar-refractivity contribution in [3.05, 3.63) is 17.5 Å². The van der Waals surface area contributed by atoms with E-state index < -0.39 is 0 Å². The number of hydrogen-bond donors (Lipinski definition) is 2. The second-order valence-electron chi connectivity index (χ2n) is 4.26. The molecule has 0 aromatic carbocycles. The minimum absolute atomic E-state index is 0.493. The highest BCUT2D eigenvalue weighted by atomic mass is 32.1. The van der Waals surface area contributed by atoms with Crippen LogP contribution in [0.5, 0.6) is 0 Å². The Bertz CT molecular complexity index is 478. The lowest BCUT2D eigenvalue weighted by molar-refractivity contribution is 0.480. The summed E-state index contributed by atoms with van der Waals surface area (Å²) in [4.78, 5) is 7.90. The fraction of sp³-hybridized carbons (Fsp3) is 0.455. The van der Waals surface area contributed by atoms with Crippen molar-refractivity contribution in [2.45, 2.75) is 13.0 Å². The van der Waals surface area contributed by atoms with Gasteiger partial charge in [0.1, 0.15) is 0 Å². The lowest BCUT2D eigenvalue weighted by Gasteiger charge is -2.30. The molecule has 2 aromatic heterocycles. The zero-order valence-electron chi connectivity index (χ0n) is 9.68. The van der Waals surface area contributed by atoms with Crippen molar-refractivity contribution in [2.24, 2.45) is 0 Å². The highest BCUT2D eigenvalue weighted by Gasteiger charge is 2.19. The Hall–Kier alpha value is -1.40. The molecular formula is C11H15N5S. The van der Waals surface area contributed by atoms with Gasteiger partial charge in [-0.2, -0.15) is 4.98 Å². The third kappa shape index (κ3) is 2.18. The van der Waals surface area contributed by atoms with Gasteiger partial charge in [-0.25, -0.2) is 0 Å². The lowest BCUT2D eigenvalue weighted by Crippen LogP contribution is -2.49. The van der Waals surface area contributed by atoms with E-state index in [0.29, 0.717) is 6.04 Å². The predicted molar refractivity (Wildman–Crippen MR) is 69.4 cm³/mol. The van der Waals surface area contributed by atoms with Gasteiger partial charge in [0, 0.05) is 25.7 Å².